The van der Waals surface area contributed by atoms with Gasteiger partial charge in [-0.25, -0.2) is 0 Å². The zero-order valence-electron chi connectivity index (χ0n) is 7.51. The number of benzene rings is 1. The van der Waals surface area contributed by atoms with Crippen LogP contribution in [0.5, 0.6) is 0 Å². The first-order valence-corrected chi connectivity index (χ1v) is 5.05. The van der Waals surface area contributed by atoms with Gasteiger partial charge in [0.25, 0.3) is 5.69 Å². The monoisotopic (exact) mass is 187 g/mol. The first-order valence-electron chi connectivity index (χ1n) is 5.05. The van der Waals surface area contributed by atoms with Crippen molar-refractivity contribution >= 4 is 5.69 Å². The molecule has 0 heterocycles. The van der Waals surface area contributed by atoms with Gasteiger partial charge in [-0.05, 0) is 41.2 Å². The van der Waals surface area contributed by atoms with Crippen molar-refractivity contribution in [1.29, 1.82) is 0 Å². The highest BCUT2D eigenvalue weighted by molar-refractivity contribution is 5.55. The summed E-state index contributed by atoms with van der Waals surface area (Å²) in [6.45, 7) is 0. The Morgan fingerprint density at radius 1 is 1.36 bits per heavy atom. The maximum Gasteiger partial charge on any atom is 0.269 e. The predicted octanol–water partition coefficient (Wildman–Crippen LogP) is 2.43. The average Bonchev–Trinajstić information content (AvgIpc) is 2.62. The molecule has 2 fully saturated rings. The summed E-state index contributed by atoms with van der Waals surface area (Å²) in [7, 11) is 0. The zero-order valence-corrected chi connectivity index (χ0v) is 7.51. The van der Waals surface area contributed by atoms with Crippen LogP contribution >= 0.6 is 0 Å². The lowest BCUT2D eigenvalue weighted by Gasteiger charge is -2.26. The minimum Gasteiger partial charge on any atom is -0.258 e. The van der Waals surface area contributed by atoms with Gasteiger partial charge in [-0.15, -0.1) is 0 Å². The summed E-state index contributed by atoms with van der Waals surface area (Å²) in [5, 5.41) is 10.6. The number of hydrogen-bond donors (Lipinski definition) is 0. The Bertz CT molecular complexity index is 468. The molecule has 3 aliphatic carbocycles. The molecule has 0 aliphatic heterocycles. The number of rotatable bonds is 1. The van der Waals surface area contributed by atoms with Crippen molar-refractivity contribution in [2.24, 2.45) is 11.8 Å². The minimum absolute atomic E-state index is 0.258. The third kappa shape index (κ3) is 0.567. The molecule has 0 spiro atoms. The van der Waals surface area contributed by atoms with Crippen LogP contribution in [0.1, 0.15) is 29.4 Å². The molecule has 1 aromatic carbocycles. The van der Waals surface area contributed by atoms with E-state index < -0.39 is 0 Å². The van der Waals surface area contributed by atoms with Crippen LogP contribution in [0.4, 0.5) is 5.69 Å². The van der Waals surface area contributed by atoms with Crippen molar-refractivity contribution in [3.8, 4) is 0 Å². The SMILES string of the molecule is O=[N+]([O-])c1ccc2c(c1)[C@@H]1C[C@@H]3[C@H]2[C@@H]31. The minimum atomic E-state index is -0.291. The van der Waals surface area contributed by atoms with E-state index in [0.717, 1.165) is 17.8 Å². The molecule has 70 valence electrons. The van der Waals surface area contributed by atoms with E-state index in [0.29, 0.717) is 5.92 Å². The Morgan fingerprint density at radius 3 is 3.00 bits per heavy atom. The van der Waals surface area contributed by atoms with E-state index in [4.69, 9.17) is 0 Å². The van der Waals surface area contributed by atoms with Crippen molar-refractivity contribution in [1.82, 2.24) is 0 Å². The van der Waals surface area contributed by atoms with Crippen LogP contribution in [0.15, 0.2) is 18.2 Å². The number of nitro groups is 1. The summed E-state index contributed by atoms with van der Waals surface area (Å²) < 4.78 is 0. The van der Waals surface area contributed by atoms with E-state index in [2.05, 4.69) is 0 Å². The number of hydrogen-bond acceptors (Lipinski definition) is 2. The van der Waals surface area contributed by atoms with Crippen LogP contribution in [-0.2, 0) is 0 Å². The first-order chi connectivity index (χ1) is 6.77. The van der Waals surface area contributed by atoms with E-state index in [1.54, 1.807) is 12.1 Å². The van der Waals surface area contributed by atoms with Gasteiger partial charge < -0.3 is 0 Å². The third-order valence-corrected chi connectivity index (χ3v) is 4.26. The Balaban J connectivity index is 1.90. The molecule has 0 radical (unpaired) electrons. The van der Waals surface area contributed by atoms with Crippen molar-refractivity contribution in [3.63, 3.8) is 0 Å². The molecule has 3 aliphatic rings. The Kier molecular flexibility index (Phi) is 0.923. The van der Waals surface area contributed by atoms with Gasteiger partial charge in [0.2, 0.25) is 0 Å². The molecule has 4 atom stereocenters. The number of nitro benzene ring substituents is 1. The van der Waals surface area contributed by atoms with Crippen LogP contribution in [-0.4, -0.2) is 4.92 Å². The summed E-state index contributed by atoms with van der Waals surface area (Å²) in [6.07, 6.45) is 1.28. The largest absolute Gasteiger partial charge is 0.269 e. The molecular formula is C11H9NO2. The topological polar surface area (TPSA) is 43.1 Å². The highest BCUT2D eigenvalue weighted by Gasteiger charge is 2.68. The van der Waals surface area contributed by atoms with Gasteiger partial charge in [-0.3, -0.25) is 10.1 Å². The van der Waals surface area contributed by atoms with Crippen LogP contribution in [0.25, 0.3) is 0 Å². The van der Waals surface area contributed by atoms with Crippen molar-refractivity contribution in [3.05, 3.63) is 39.4 Å². The summed E-state index contributed by atoms with van der Waals surface area (Å²) in [5.74, 6) is 3.25. The molecule has 1 aromatic rings. The fourth-order valence-electron chi connectivity index (χ4n) is 3.58. The maximum atomic E-state index is 10.6. The van der Waals surface area contributed by atoms with E-state index in [9.17, 15) is 10.1 Å². The second kappa shape index (κ2) is 1.85. The van der Waals surface area contributed by atoms with E-state index in [1.807, 2.05) is 6.07 Å². The van der Waals surface area contributed by atoms with Crippen LogP contribution in [0.2, 0.25) is 0 Å². The van der Waals surface area contributed by atoms with Gasteiger partial charge in [0.05, 0.1) is 4.92 Å². The molecule has 3 heteroatoms. The molecule has 0 unspecified atom stereocenters. The highest BCUT2D eigenvalue weighted by atomic mass is 16.6. The highest BCUT2D eigenvalue weighted by Crippen LogP contribution is 2.78. The summed E-state index contributed by atoms with van der Waals surface area (Å²) in [4.78, 5) is 10.3. The Morgan fingerprint density at radius 2 is 2.21 bits per heavy atom. The molecule has 4 rings (SSSR count). The summed E-state index contributed by atoms with van der Waals surface area (Å²) in [6, 6.07) is 5.42. The van der Waals surface area contributed by atoms with E-state index in [1.165, 1.54) is 17.5 Å². The van der Waals surface area contributed by atoms with Gasteiger partial charge in [0.15, 0.2) is 0 Å². The average molecular weight is 187 g/mol. The Hall–Kier alpha value is -1.38. The molecule has 0 aromatic heterocycles. The van der Waals surface area contributed by atoms with E-state index >= 15 is 0 Å². The molecule has 0 N–H and O–H groups in total. The second-order valence-corrected chi connectivity index (χ2v) is 4.68. The molecule has 3 nitrogen and oxygen atoms in total. The fourth-order valence-corrected chi connectivity index (χ4v) is 3.58. The summed E-state index contributed by atoms with van der Waals surface area (Å²) in [5.41, 5.74) is 2.94. The summed E-state index contributed by atoms with van der Waals surface area (Å²) >= 11 is 0. The molecule has 14 heavy (non-hydrogen) atoms. The number of non-ortho nitro benzene ring substituents is 1. The molecular weight excluding hydrogens is 178 g/mol. The molecule has 0 bridgehead atoms. The van der Waals surface area contributed by atoms with Gasteiger partial charge >= 0.3 is 0 Å². The van der Waals surface area contributed by atoms with Crippen molar-refractivity contribution in [2.75, 3.05) is 0 Å². The fraction of sp³-hybridized carbons (Fsp3) is 0.455. The van der Waals surface area contributed by atoms with Crippen molar-refractivity contribution in [2.45, 2.75) is 18.3 Å². The molecule has 0 amide bonds. The lowest BCUT2D eigenvalue weighted by Crippen LogP contribution is -2.14. The smallest absolute Gasteiger partial charge is 0.258 e. The lowest BCUT2D eigenvalue weighted by molar-refractivity contribution is -0.385. The van der Waals surface area contributed by atoms with Crippen molar-refractivity contribution < 1.29 is 4.92 Å². The number of fused-ring (bicyclic) bond motifs is 4. The lowest BCUT2D eigenvalue weighted by atomic mass is 9.78. The maximum absolute atomic E-state index is 10.6. The van der Waals surface area contributed by atoms with E-state index in [-0.39, 0.29) is 10.6 Å². The molecule has 2 saturated carbocycles. The van der Waals surface area contributed by atoms with Gasteiger partial charge in [0, 0.05) is 12.1 Å². The quantitative estimate of drug-likeness (QED) is 0.500. The third-order valence-electron chi connectivity index (χ3n) is 4.26. The standard InChI is InChI=1S/C11H9NO2/c13-12(14)5-1-2-6-7(3-5)8-4-9-10(6)11(8)9/h1-3,8-11H,4H2/t8-,9+,10-,11+/m0/s1. The van der Waals surface area contributed by atoms with Gasteiger partial charge in [0.1, 0.15) is 0 Å². The van der Waals surface area contributed by atoms with Crippen LogP contribution in [0, 0.1) is 22.0 Å². The van der Waals surface area contributed by atoms with Crippen LogP contribution in [0.3, 0.4) is 0 Å². The van der Waals surface area contributed by atoms with Gasteiger partial charge in [-0.1, -0.05) is 6.07 Å². The zero-order chi connectivity index (χ0) is 9.45. The normalized spacial score (nSPS) is 39.7. The Labute approximate surface area is 80.9 Å². The molecule has 0 saturated heterocycles. The number of nitrogens with zero attached hydrogens (tertiary/aromatic N) is 1. The predicted molar refractivity (Wildman–Crippen MR) is 50.2 cm³/mol. The second-order valence-electron chi connectivity index (χ2n) is 4.68. The van der Waals surface area contributed by atoms with Crippen LogP contribution < -0.4 is 0 Å². The van der Waals surface area contributed by atoms with Gasteiger partial charge in [-0.2, -0.15) is 0 Å². The first kappa shape index (κ1) is 6.98.